The van der Waals surface area contributed by atoms with E-state index in [4.69, 9.17) is 11.6 Å². The van der Waals surface area contributed by atoms with Crippen LogP contribution in [0.25, 0.3) is 10.9 Å². The van der Waals surface area contributed by atoms with E-state index < -0.39 is 11.7 Å². The molecule has 22 heavy (non-hydrogen) atoms. The molecule has 2 aromatic carbocycles. The number of hydrogen-bond acceptors (Lipinski definition) is 2. The Labute approximate surface area is 134 Å². The van der Waals surface area contributed by atoms with E-state index in [0.29, 0.717) is 10.0 Å². The van der Waals surface area contributed by atoms with Crippen LogP contribution >= 0.6 is 23.4 Å². The Hall–Kier alpha value is -1.72. The number of benzene rings is 2. The van der Waals surface area contributed by atoms with Crippen LogP contribution in [0.1, 0.15) is 5.56 Å². The van der Waals surface area contributed by atoms with Crippen LogP contribution in [0.2, 0.25) is 5.15 Å². The van der Waals surface area contributed by atoms with Gasteiger partial charge in [0.2, 0.25) is 0 Å². The molecule has 0 bridgehead atoms. The summed E-state index contributed by atoms with van der Waals surface area (Å²) in [6, 6.07) is 14.3. The van der Waals surface area contributed by atoms with Gasteiger partial charge in [-0.3, -0.25) is 0 Å². The van der Waals surface area contributed by atoms with Crippen molar-refractivity contribution in [1.82, 2.24) is 4.98 Å². The van der Waals surface area contributed by atoms with E-state index in [1.165, 1.54) is 23.9 Å². The first-order valence-electron chi connectivity index (χ1n) is 6.34. The van der Waals surface area contributed by atoms with Gasteiger partial charge in [0, 0.05) is 15.2 Å². The molecule has 6 heteroatoms. The van der Waals surface area contributed by atoms with Crippen molar-refractivity contribution < 1.29 is 13.2 Å². The number of hydrogen-bond donors (Lipinski definition) is 0. The van der Waals surface area contributed by atoms with Crippen LogP contribution in [0.4, 0.5) is 13.2 Å². The Morgan fingerprint density at radius 3 is 2.32 bits per heavy atom. The number of aromatic nitrogens is 1. The van der Waals surface area contributed by atoms with Crippen LogP contribution in [0, 0.1) is 0 Å². The molecule has 112 valence electrons. The summed E-state index contributed by atoms with van der Waals surface area (Å²) >= 11 is 7.36. The van der Waals surface area contributed by atoms with Crippen molar-refractivity contribution in [3.8, 4) is 0 Å². The third-order valence-electron chi connectivity index (χ3n) is 3.06. The summed E-state index contributed by atoms with van der Waals surface area (Å²) < 4.78 is 37.7. The van der Waals surface area contributed by atoms with Gasteiger partial charge in [0.25, 0.3) is 0 Å². The average molecular weight is 340 g/mol. The van der Waals surface area contributed by atoms with Crippen molar-refractivity contribution in [3.05, 3.63) is 65.3 Å². The van der Waals surface area contributed by atoms with Crippen molar-refractivity contribution in [2.45, 2.75) is 16.0 Å². The molecule has 0 radical (unpaired) electrons. The summed E-state index contributed by atoms with van der Waals surface area (Å²) in [5, 5.41) is 1.27. The molecule has 3 aromatic rings. The van der Waals surface area contributed by atoms with Gasteiger partial charge >= 0.3 is 6.18 Å². The molecule has 1 heterocycles. The summed E-state index contributed by atoms with van der Waals surface area (Å²) in [6.07, 6.45) is -4.32. The quantitative estimate of drug-likeness (QED) is 0.526. The third-order valence-corrected chi connectivity index (χ3v) is 4.32. The molecule has 1 aromatic heterocycles. The van der Waals surface area contributed by atoms with Gasteiger partial charge in [-0.15, -0.1) is 0 Å². The Bertz CT molecular complexity index is 816. The van der Waals surface area contributed by atoms with Crippen molar-refractivity contribution in [1.29, 1.82) is 0 Å². The third kappa shape index (κ3) is 3.20. The van der Waals surface area contributed by atoms with E-state index in [-0.39, 0.29) is 0 Å². The molecule has 0 fully saturated rings. The van der Waals surface area contributed by atoms with Crippen molar-refractivity contribution in [3.63, 3.8) is 0 Å². The fraction of sp³-hybridized carbons (Fsp3) is 0.0625. The zero-order valence-corrected chi connectivity index (χ0v) is 12.6. The van der Waals surface area contributed by atoms with Crippen molar-refractivity contribution >= 4 is 34.3 Å². The Morgan fingerprint density at radius 2 is 1.64 bits per heavy atom. The maximum absolute atomic E-state index is 12.6. The molecular formula is C16H9ClF3NS. The number of nitrogens with zero attached hydrogens (tertiary/aromatic N) is 1. The standard InChI is InChI=1S/C16H9ClF3NS/c17-15-9-14(12-3-1-2-4-13(12)21-15)22-11-7-5-10(6-8-11)16(18,19)20/h1-9H. The summed E-state index contributed by atoms with van der Waals surface area (Å²) in [5.74, 6) is 0. The maximum atomic E-state index is 12.6. The Morgan fingerprint density at radius 1 is 0.955 bits per heavy atom. The van der Waals surface area contributed by atoms with E-state index in [9.17, 15) is 13.2 Å². The molecule has 3 rings (SSSR count). The second-order valence-corrected chi connectivity index (χ2v) is 6.09. The first-order chi connectivity index (χ1) is 10.4. The minimum absolute atomic E-state index is 0.355. The van der Waals surface area contributed by atoms with Gasteiger partial charge in [-0.05, 0) is 36.4 Å². The number of alkyl halides is 3. The van der Waals surface area contributed by atoms with E-state index >= 15 is 0 Å². The monoisotopic (exact) mass is 339 g/mol. The van der Waals surface area contributed by atoms with E-state index in [2.05, 4.69) is 4.98 Å². The molecule has 0 aliphatic carbocycles. The van der Waals surface area contributed by atoms with Crippen LogP contribution in [-0.4, -0.2) is 4.98 Å². The van der Waals surface area contributed by atoms with Crippen LogP contribution < -0.4 is 0 Å². The van der Waals surface area contributed by atoms with Crippen LogP contribution in [0.3, 0.4) is 0 Å². The fourth-order valence-corrected chi connectivity index (χ4v) is 3.28. The molecule has 0 saturated heterocycles. The molecule has 1 nitrogen and oxygen atoms in total. The Kier molecular flexibility index (Phi) is 4.02. The second-order valence-electron chi connectivity index (χ2n) is 4.58. The highest BCUT2D eigenvalue weighted by Gasteiger charge is 2.29. The van der Waals surface area contributed by atoms with Gasteiger partial charge in [0.15, 0.2) is 0 Å². The van der Waals surface area contributed by atoms with E-state index in [1.54, 1.807) is 6.07 Å². The van der Waals surface area contributed by atoms with Crippen molar-refractivity contribution in [2.24, 2.45) is 0 Å². The smallest absolute Gasteiger partial charge is 0.236 e. The van der Waals surface area contributed by atoms with E-state index in [0.717, 1.165) is 27.9 Å². The van der Waals surface area contributed by atoms with Crippen LogP contribution in [0.15, 0.2) is 64.4 Å². The lowest BCUT2D eigenvalue weighted by Gasteiger charge is -2.09. The predicted molar refractivity (Wildman–Crippen MR) is 82.3 cm³/mol. The number of rotatable bonds is 2. The van der Waals surface area contributed by atoms with Gasteiger partial charge in [-0.2, -0.15) is 13.2 Å². The van der Waals surface area contributed by atoms with Gasteiger partial charge in [0.1, 0.15) is 5.15 Å². The van der Waals surface area contributed by atoms with Crippen LogP contribution in [0.5, 0.6) is 0 Å². The molecule has 0 N–H and O–H groups in total. The highest BCUT2D eigenvalue weighted by molar-refractivity contribution is 7.99. The topological polar surface area (TPSA) is 12.9 Å². The molecule has 0 atom stereocenters. The lowest BCUT2D eigenvalue weighted by Crippen LogP contribution is -2.03. The average Bonchev–Trinajstić information content (AvgIpc) is 2.46. The minimum Gasteiger partial charge on any atom is -0.236 e. The lowest BCUT2D eigenvalue weighted by atomic mass is 10.2. The molecule has 0 unspecified atom stereocenters. The SMILES string of the molecule is FC(F)(F)c1ccc(Sc2cc(Cl)nc3ccccc23)cc1. The first-order valence-corrected chi connectivity index (χ1v) is 7.53. The number of halogens is 4. The molecule has 0 spiro atoms. The minimum atomic E-state index is -4.32. The first kappa shape index (κ1) is 15.2. The fourth-order valence-electron chi connectivity index (χ4n) is 2.04. The molecule has 0 saturated carbocycles. The summed E-state index contributed by atoms with van der Waals surface area (Å²) in [4.78, 5) is 5.79. The summed E-state index contributed by atoms with van der Waals surface area (Å²) in [5.41, 5.74) is 0.0962. The van der Waals surface area contributed by atoms with Gasteiger partial charge < -0.3 is 0 Å². The molecular weight excluding hydrogens is 331 g/mol. The van der Waals surface area contributed by atoms with Gasteiger partial charge in [-0.1, -0.05) is 41.6 Å². The van der Waals surface area contributed by atoms with Gasteiger partial charge in [0.05, 0.1) is 11.1 Å². The highest BCUT2D eigenvalue weighted by Crippen LogP contribution is 2.36. The molecule has 0 aliphatic rings. The normalized spacial score (nSPS) is 11.8. The number of pyridine rings is 1. The lowest BCUT2D eigenvalue weighted by molar-refractivity contribution is -0.137. The van der Waals surface area contributed by atoms with Crippen molar-refractivity contribution in [2.75, 3.05) is 0 Å². The summed E-state index contributed by atoms with van der Waals surface area (Å²) in [7, 11) is 0. The largest absolute Gasteiger partial charge is 0.416 e. The molecule has 0 amide bonds. The van der Waals surface area contributed by atoms with Gasteiger partial charge in [-0.25, -0.2) is 4.98 Å². The summed E-state index contributed by atoms with van der Waals surface area (Å²) in [6.45, 7) is 0. The Balaban J connectivity index is 1.96. The van der Waals surface area contributed by atoms with Crippen LogP contribution in [-0.2, 0) is 6.18 Å². The maximum Gasteiger partial charge on any atom is 0.416 e. The molecule has 0 aliphatic heterocycles. The number of para-hydroxylation sites is 1. The predicted octanol–water partition coefficient (Wildman–Crippen LogP) is 6.06. The number of fused-ring (bicyclic) bond motifs is 1. The zero-order valence-electron chi connectivity index (χ0n) is 11.1. The second kappa shape index (κ2) is 5.82. The highest BCUT2D eigenvalue weighted by atomic mass is 35.5. The van der Waals surface area contributed by atoms with E-state index in [1.807, 2.05) is 24.3 Å². The zero-order chi connectivity index (χ0) is 15.7.